The van der Waals surface area contributed by atoms with Crippen LogP contribution in [0.25, 0.3) is 0 Å². The molecule has 2 heterocycles. The molecule has 132 valence electrons. The standard InChI is InChI=1S/C14H12N2OS.C2HF3O2/c17-14(13-7-4-10-18-13)16-12(8-9-15-16)11-5-2-1-3-6-11;3-2(4,5)1(6)7/h1-7,9-10,12H,8H2;(H,6,7). The normalized spacial score (nSPS) is 16.3. The van der Waals surface area contributed by atoms with Crippen LogP contribution in [0.15, 0.2) is 52.9 Å². The van der Waals surface area contributed by atoms with Crippen LogP contribution in [0.1, 0.15) is 27.7 Å². The van der Waals surface area contributed by atoms with Gasteiger partial charge in [-0.1, -0.05) is 36.4 Å². The molecule has 0 aliphatic carbocycles. The van der Waals surface area contributed by atoms with Crippen molar-refractivity contribution >= 4 is 29.4 Å². The van der Waals surface area contributed by atoms with Crippen LogP contribution in [0.3, 0.4) is 0 Å². The van der Waals surface area contributed by atoms with Gasteiger partial charge in [0.15, 0.2) is 0 Å². The zero-order chi connectivity index (χ0) is 18.4. The monoisotopic (exact) mass is 370 g/mol. The van der Waals surface area contributed by atoms with Gasteiger partial charge in [-0.05, 0) is 17.0 Å². The van der Waals surface area contributed by atoms with E-state index in [-0.39, 0.29) is 11.9 Å². The maximum Gasteiger partial charge on any atom is 0.490 e. The predicted octanol–water partition coefficient (Wildman–Crippen LogP) is 3.95. The molecule has 1 aromatic carbocycles. The molecule has 0 saturated carbocycles. The van der Waals surface area contributed by atoms with Gasteiger partial charge in [0.2, 0.25) is 0 Å². The molecule has 5 nitrogen and oxygen atoms in total. The number of hydrazone groups is 1. The lowest BCUT2D eigenvalue weighted by Crippen LogP contribution is -2.26. The first-order valence-electron chi connectivity index (χ1n) is 7.05. The largest absolute Gasteiger partial charge is 0.490 e. The molecular weight excluding hydrogens is 357 g/mol. The third-order valence-electron chi connectivity index (χ3n) is 3.20. The molecule has 1 aliphatic heterocycles. The summed E-state index contributed by atoms with van der Waals surface area (Å²) in [6.45, 7) is 0. The minimum absolute atomic E-state index is 0.0207. The number of nitrogens with zero attached hydrogens (tertiary/aromatic N) is 2. The van der Waals surface area contributed by atoms with Gasteiger partial charge in [0.1, 0.15) is 0 Å². The highest BCUT2D eigenvalue weighted by Gasteiger charge is 2.38. The van der Waals surface area contributed by atoms with Gasteiger partial charge >= 0.3 is 12.1 Å². The van der Waals surface area contributed by atoms with Gasteiger partial charge in [0.05, 0.1) is 10.9 Å². The Bertz CT molecular complexity index is 746. The average Bonchev–Trinajstić information content (AvgIpc) is 3.26. The number of benzene rings is 1. The average molecular weight is 370 g/mol. The van der Waals surface area contributed by atoms with Crippen LogP contribution in [-0.2, 0) is 4.79 Å². The maximum absolute atomic E-state index is 12.3. The summed E-state index contributed by atoms with van der Waals surface area (Å²) in [6.07, 6.45) is -2.50. The molecule has 0 saturated heterocycles. The van der Waals surface area contributed by atoms with Crippen molar-refractivity contribution in [2.75, 3.05) is 0 Å². The van der Waals surface area contributed by atoms with Gasteiger partial charge < -0.3 is 5.11 Å². The fourth-order valence-corrected chi connectivity index (χ4v) is 2.73. The number of hydrogen-bond donors (Lipinski definition) is 1. The Morgan fingerprint density at radius 2 is 1.80 bits per heavy atom. The van der Waals surface area contributed by atoms with Gasteiger partial charge in [-0.3, -0.25) is 4.79 Å². The molecule has 0 fully saturated rings. The number of alkyl halides is 3. The smallest absolute Gasteiger partial charge is 0.475 e. The van der Waals surface area contributed by atoms with Crippen LogP contribution in [0.4, 0.5) is 13.2 Å². The van der Waals surface area contributed by atoms with Gasteiger partial charge in [-0.25, -0.2) is 9.80 Å². The number of amides is 1. The van der Waals surface area contributed by atoms with E-state index in [0.717, 1.165) is 16.9 Å². The fraction of sp³-hybridized carbons (Fsp3) is 0.188. The summed E-state index contributed by atoms with van der Waals surface area (Å²) in [5.74, 6) is -2.78. The van der Waals surface area contributed by atoms with Crippen molar-refractivity contribution in [1.29, 1.82) is 0 Å². The minimum Gasteiger partial charge on any atom is -0.475 e. The van der Waals surface area contributed by atoms with Gasteiger partial charge in [-0.15, -0.1) is 11.3 Å². The van der Waals surface area contributed by atoms with E-state index in [4.69, 9.17) is 9.90 Å². The number of carboxylic acids is 1. The predicted molar refractivity (Wildman–Crippen MR) is 86.5 cm³/mol. The number of rotatable bonds is 2. The Morgan fingerprint density at radius 1 is 1.16 bits per heavy atom. The van der Waals surface area contributed by atoms with Crippen molar-refractivity contribution in [3.05, 3.63) is 58.3 Å². The van der Waals surface area contributed by atoms with Crippen LogP contribution in [0, 0.1) is 0 Å². The van der Waals surface area contributed by atoms with Crippen molar-refractivity contribution in [3.63, 3.8) is 0 Å². The summed E-state index contributed by atoms with van der Waals surface area (Å²) in [6, 6.07) is 13.8. The summed E-state index contributed by atoms with van der Waals surface area (Å²) in [5.41, 5.74) is 1.12. The summed E-state index contributed by atoms with van der Waals surface area (Å²) in [5, 5.41) is 14.8. The van der Waals surface area contributed by atoms with Crippen LogP contribution < -0.4 is 0 Å². The van der Waals surface area contributed by atoms with E-state index < -0.39 is 12.1 Å². The third-order valence-corrected chi connectivity index (χ3v) is 4.05. The number of carboxylic acid groups (broad SMARTS) is 1. The van der Waals surface area contributed by atoms with Crippen LogP contribution in [0.5, 0.6) is 0 Å². The van der Waals surface area contributed by atoms with E-state index in [2.05, 4.69) is 5.10 Å². The van der Waals surface area contributed by atoms with E-state index in [1.165, 1.54) is 11.3 Å². The van der Waals surface area contributed by atoms with Crippen LogP contribution in [0.2, 0.25) is 0 Å². The number of hydrogen-bond acceptors (Lipinski definition) is 4. The molecule has 9 heteroatoms. The Kier molecular flexibility index (Phi) is 5.92. The van der Waals surface area contributed by atoms with E-state index >= 15 is 0 Å². The lowest BCUT2D eigenvalue weighted by Gasteiger charge is -2.21. The maximum atomic E-state index is 12.3. The molecule has 1 atom stereocenters. The van der Waals surface area contributed by atoms with E-state index in [9.17, 15) is 18.0 Å². The number of carbonyl (C=O) groups excluding carboxylic acids is 1. The Hall–Kier alpha value is -2.68. The van der Waals surface area contributed by atoms with Gasteiger partial charge in [0, 0.05) is 12.6 Å². The van der Waals surface area contributed by atoms with Crippen molar-refractivity contribution in [3.8, 4) is 0 Å². The minimum atomic E-state index is -5.08. The van der Waals surface area contributed by atoms with Crippen molar-refractivity contribution in [1.82, 2.24) is 5.01 Å². The van der Waals surface area contributed by atoms with E-state index in [0.29, 0.717) is 0 Å². The molecule has 1 aliphatic rings. The van der Waals surface area contributed by atoms with Crippen LogP contribution >= 0.6 is 11.3 Å². The molecule has 25 heavy (non-hydrogen) atoms. The fourth-order valence-electron chi connectivity index (χ4n) is 2.07. The number of halogens is 3. The first kappa shape index (κ1) is 18.7. The molecule has 1 aromatic heterocycles. The Labute approximate surface area is 145 Å². The summed E-state index contributed by atoms with van der Waals surface area (Å²) in [7, 11) is 0. The summed E-state index contributed by atoms with van der Waals surface area (Å²) in [4.78, 5) is 21.9. The van der Waals surface area contributed by atoms with E-state index in [1.807, 2.05) is 54.1 Å². The van der Waals surface area contributed by atoms with Crippen molar-refractivity contribution in [2.24, 2.45) is 5.10 Å². The second-order valence-electron chi connectivity index (χ2n) is 4.89. The van der Waals surface area contributed by atoms with Crippen molar-refractivity contribution < 1.29 is 27.9 Å². The first-order valence-corrected chi connectivity index (χ1v) is 7.93. The summed E-state index contributed by atoms with van der Waals surface area (Å²) < 4.78 is 31.7. The molecule has 0 spiro atoms. The molecule has 0 radical (unpaired) electrons. The highest BCUT2D eigenvalue weighted by molar-refractivity contribution is 7.12. The SMILES string of the molecule is O=C(O)C(F)(F)F.O=C(c1cccs1)N1N=CCC1c1ccccc1. The van der Waals surface area contributed by atoms with E-state index in [1.54, 1.807) is 5.01 Å². The second-order valence-corrected chi connectivity index (χ2v) is 5.84. The van der Waals surface area contributed by atoms with Crippen LogP contribution in [-0.4, -0.2) is 34.4 Å². The zero-order valence-corrected chi connectivity index (χ0v) is 13.5. The Balaban J connectivity index is 0.000000277. The molecule has 3 rings (SSSR count). The summed E-state index contributed by atoms with van der Waals surface area (Å²) >= 11 is 1.45. The zero-order valence-electron chi connectivity index (χ0n) is 12.7. The highest BCUT2D eigenvalue weighted by atomic mass is 32.1. The second kappa shape index (κ2) is 7.93. The van der Waals surface area contributed by atoms with Crippen molar-refractivity contribution in [2.45, 2.75) is 18.6 Å². The topological polar surface area (TPSA) is 70.0 Å². The lowest BCUT2D eigenvalue weighted by atomic mass is 10.0. The molecule has 1 amide bonds. The molecular formula is C16H13F3N2O3S. The highest BCUT2D eigenvalue weighted by Crippen LogP contribution is 2.30. The number of thiophene rings is 1. The molecule has 0 bridgehead atoms. The van der Waals surface area contributed by atoms with Gasteiger partial charge in [-0.2, -0.15) is 18.3 Å². The first-order chi connectivity index (χ1) is 11.8. The number of carbonyl (C=O) groups is 2. The number of aliphatic carboxylic acids is 1. The molecule has 1 unspecified atom stereocenters. The third kappa shape index (κ3) is 4.90. The Morgan fingerprint density at radius 3 is 2.32 bits per heavy atom. The lowest BCUT2D eigenvalue weighted by molar-refractivity contribution is -0.192. The molecule has 2 aromatic rings. The molecule has 1 N–H and O–H groups in total. The quantitative estimate of drug-likeness (QED) is 0.870. The van der Waals surface area contributed by atoms with Gasteiger partial charge in [0.25, 0.3) is 5.91 Å².